The quantitative estimate of drug-likeness (QED) is 0.886. The first-order valence-electron chi connectivity index (χ1n) is 7.09. The van der Waals surface area contributed by atoms with Gasteiger partial charge >= 0.3 is 0 Å². The third kappa shape index (κ3) is 3.32. The molecular weight excluding hydrogens is 222 g/mol. The molecule has 0 aromatic carbocycles. The van der Waals surface area contributed by atoms with Gasteiger partial charge in [0.1, 0.15) is 0 Å². The van der Waals surface area contributed by atoms with Gasteiger partial charge in [0, 0.05) is 18.3 Å². The molecule has 1 aliphatic carbocycles. The molecule has 1 aliphatic rings. The fourth-order valence-corrected chi connectivity index (χ4v) is 3.22. The largest absolute Gasteiger partial charge is 0.389 e. The number of hydrogen-bond donors (Lipinski definition) is 1. The predicted molar refractivity (Wildman–Crippen MR) is 74.5 cm³/mol. The first kappa shape index (κ1) is 13.5. The van der Waals surface area contributed by atoms with E-state index >= 15 is 0 Å². The van der Waals surface area contributed by atoms with E-state index in [1.54, 1.807) is 0 Å². The molecule has 0 spiro atoms. The Morgan fingerprint density at radius 3 is 2.61 bits per heavy atom. The van der Waals surface area contributed by atoms with E-state index < -0.39 is 5.60 Å². The number of nitrogens with zero attached hydrogens (tertiary/aromatic N) is 1. The molecule has 1 aromatic heterocycles. The highest BCUT2D eigenvalue weighted by molar-refractivity contribution is 5.15. The second-order valence-corrected chi connectivity index (χ2v) is 6.61. The Balaban J connectivity index is 2.07. The van der Waals surface area contributed by atoms with Crippen LogP contribution in [0.5, 0.6) is 0 Å². The van der Waals surface area contributed by atoms with Crippen molar-refractivity contribution in [2.24, 2.45) is 5.41 Å². The van der Waals surface area contributed by atoms with Gasteiger partial charge in [-0.1, -0.05) is 33.3 Å². The molecule has 0 radical (unpaired) electrons. The topological polar surface area (TPSA) is 33.1 Å². The zero-order chi connectivity index (χ0) is 13.2. The van der Waals surface area contributed by atoms with Crippen LogP contribution in [-0.2, 0) is 12.8 Å². The van der Waals surface area contributed by atoms with E-state index in [1.165, 1.54) is 12.0 Å². The molecular formula is C16H25NO. The first-order valence-corrected chi connectivity index (χ1v) is 7.09. The Morgan fingerprint density at radius 1 is 1.28 bits per heavy atom. The van der Waals surface area contributed by atoms with E-state index in [2.05, 4.69) is 37.9 Å². The highest BCUT2D eigenvalue weighted by atomic mass is 16.3. The standard InChI is InChI=1S/C16H25NO/c1-4-13-6-7-14(17-11-13)10-16(18)9-5-8-15(2,3)12-16/h6-7,11,18H,4-5,8-10,12H2,1-3H3. The van der Waals surface area contributed by atoms with Gasteiger partial charge in [0.05, 0.1) is 5.60 Å². The van der Waals surface area contributed by atoms with Gasteiger partial charge in [0.15, 0.2) is 0 Å². The zero-order valence-electron chi connectivity index (χ0n) is 11.9. The normalized spacial score (nSPS) is 27.1. The minimum atomic E-state index is -0.553. The first-order chi connectivity index (χ1) is 8.42. The lowest BCUT2D eigenvalue weighted by Crippen LogP contribution is -2.40. The minimum Gasteiger partial charge on any atom is -0.389 e. The number of hydrogen-bond acceptors (Lipinski definition) is 2. The van der Waals surface area contributed by atoms with E-state index in [9.17, 15) is 5.11 Å². The van der Waals surface area contributed by atoms with Gasteiger partial charge < -0.3 is 5.11 Å². The van der Waals surface area contributed by atoms with Gasteiger partial charge in [0.2, 0.25) is 0 Å². The highest BCUT2D eigenvalue weighted by Crippen LogP contribution is 2.42. The van der Waals surface area contributed by atoms with Gasteiger partial charge in [-0.15, -0.1) is 0 Å². The summed E-state index contributed by atoms with van der Waals surface area (Å²) in [6, 6.07) is 4.19. The van der Waals surface area contributed by atoms with Gasteiger partial charge in [-0.3, -0.25) is 4.98 Å². The van der Waals surface area contributed by atoms with Crippen LogP contribution in [0.1, 0.15) is 57.7 Å². The van der Waals surface area contributed by atoms with Crippen molar-refractivity contribution >= 4 is 0 Å². The maximum atomic E-state index is 10.7. The van der Waals surface area contributed by atoms with E-state index in [0.29, 0.717) is 6.42 Å². The SMILES string of the molecule is CCc1ccc(CC2(O)CCCC(C)(C)C2)nc1. The molecule has 1 fully saturated rings. The molecule has 1 heterocycles. The summed E-state index contributed by atoms with van der Waals surface area (Å²) in [6.07, 6.45) is 7.79. The highest BCUT2D eigenvalue weighted by Gasteiger charge is 2.38. The van der Waals surface area contributed by atoms with Gasteiger partial charge in [0.25, 0.3) is 0 Å². The Hall–Kier alpha value is -0.890. The molecule has 1 saturated carbocycles. The van der Waals surface area contributed by atoms with Crippen LogP contribution in [-0.4, -0.2) is 15.7 Å². The van der Waals surface area contributed by atoms with Crippen molar-refractivity contribution in [3.63, 3.8) is 0 Å². The maximum Gasteiger partial charge on any atom is 0.0708 e. The molecule has 100 valence electrons. The summed E-state index contributed by atoms with van der Waals surface area (Å²) in [5.41, 5.74) is 1.99. The summed E-state index contributed by atoms with van der Waals surface area (Å²) in [6.45, 7) is 6.64. The molecule has 18 heavy (non-hydrogen) atoms. The molecule has 1 unspecified atom stereocenters. The summed E-state index contributed by atoms with van der Waals surface area (Å²) in [4.78, 5) is 4.48. The van der Waals surface area contributed by atoms with Gasteiger partial charge in [-0.25, -0.2) is 0 Å². The van der Waals surface area contributed by atoms with Crippen molar-refractivity contribution in [1.29, 1.82) is 0 Å². The van der Waals surface area contributed by atoms with Crippen molar-refractivity contribution < 1.29 is 5.11 Å². The lowest BCUT2D eigenvalue weighted by Gasteiger charge is -2.41. The van der Waals surface area contributed by atoms with E-state index in [0.717, 1.165) is 31.4 Å². The minimum absolute atomic E-state index is 0.260. The number of aliphatic hydroxyl groups is 1. The Morgan fingerprint density at radius 2 is 2.06 bits per heavy atom. The zero-order valence-corrected chi connectivity index (χ0v) is 11.9. The summed E-state index contributed by atoms with van der Waals surface area (Å²) in [5.74, 6) is 0. The molecule has 2 nitrogen and oxygen atoms in total. The van der Waals surface area contributed by atoms with Crippen molar-refractivity contribution in [3.8, 4) is 0 Å². The average Bonchev–Trinajstić information content (AvgIpc) is 2.27. The Labute approximate surface area is 110 Å². The lowest BCUT2D eigenvalue weighted by atomic mass is 9.68. The number of aryl methyl sites for hydroxylation is 1. The molecule has 0 aliphatic heterocycles. The van der Waals surface area contributed by atoms with Gasteiger partial charge in [-0.2, -0.15) is 0 Å². The fraction of sp³-hybridized carbons (Fsp3) is 0.688. The molecule has 1 N–H and O–H groups in total. The van der Waals surface area contributed by atoms with Crippen LogP contribution in [0.3, 0.4) is 0 Å². The van der Waals surface area contributed by atoms with Crippen molar-refractivity contribution in [2.45, 2.75) is 64.9 Å². The number of rotatable bonds is 3. The third-order valence-corrected chi connectivity index (χ3v) is 4.11. The molecule has 0 bridgehead atoms. The maximum absolute atomic E-state index is 10.7. The third-order valence-electron chi connectivity index (χ3n) is 4.11. The van der Waals surface area contributed by atoms with E-state index in [1.807, 2.05) is 6.20 Å². The molecule has 1 atom stereocenters. The van der Waals surface area contributed by atoms with Crippen LogP contribution >= 0.6 is 0 Å². The smallest absolute Gasteiger partial charge is 0.0708 e. The average molecular weight is 247 g/mol. The summed E-state index contributed by atoms with van der Waals surface area (Å²) in [7, 11) is 0. The second kappa shape index (κ2) is 5.00. The lowest BCUT2D eigenvalue weighted by molar-refractivity contribution is -0.0388. The number of pyridine rings is 1. The summed E-state index contributed by atoms with van der Waals surface area (Å²) >= 11 is 0. The van der Waals surface area contributed by atoms with Crippen molar-refractivity contribution in [3.05, 3.63) is 29.6 Å². The van der Waals surface area contributed by atoms with E-state index in [-0.39, 0.29) is 5.41 Å². The van der Waals surface area contributed by atoms with Crippen molar-refractivity contribution in [1.82, 2.24) is 4.98 Å². The Kier molecular flexibility index (Phi) is 3.76. The summed E-state index contributed by atoms with van der Waals surface area (Å²) in [5, 5.41) is 10.7. The van der Waals surface area contributed by atoms with E-state index in [4.69, 9.17) is 0 Å². The van der Waals surface area contributed by atoms with Crippen molar-refractivity contribution in [2.75, 3.05) is 0 Å². The molecule has 2 heteroatoms. The predicted octanol–water partition coefficient (Wildman–Crippen LogP) is 3.52. The summed E-state index contributed by atoms with van der Waals surface area (Å²) < 4.78 is 0. The van der Waals surface area contributed by atoms with Crippen LogP contribution in [0.15, 0.2) is 18.3 Å². The molecule has 0 saturated heterocycles. The van der Waals surface area contributed by atoms with Crippen LogP contribution in [0.4, 0.5) is 0 Å². The van der Waals surface area contributed by atoms with Crippen LogP contribution in [0.25, 0.3) is 0 Å². The van der Waals surface area contributed by atoms with Gasteiger partial charge in [-0.05, 0) is 42.7 Å². The second-order valence-electron chi connectivity index (χ2n) is 6.61. The monoisotopic (exact) mass is 247 g/mol. The van der Waals surface area contributed by atoms with Crippen LogP contribution in [0, 0.1) is 5.41 Å². The molecule has 0 amide bonds. The fourth-order valence-electron chi connectivity index (χ4n) is 3.22. The Bertz CT molecular complexity index is 396. The van der Waals surface area contributed by atoms with Crippen LogP contribution in [0.2, 0.25) is 0 Å². The molecule has 2 rings (SSSR count). The van der Waals surface area contributed by atoms with Crippen LogP contribution < -0.4 is 0 Å². The molecule has 1 aromatic rings. The number of aromatic nitrogens is 1.